The molecule has 2 fully saturated rings. The summed E-state index contributed by atoms with van der Waals surface area (Å²) in [5.41, 5.74) is 0. The van der Waals surface area contributed by atoms with Crippen LogP contribution in [0.15, 0.2) is 0 Å². The number of morpholine rings is 1. The maximum absolute atomic E-state index is 12.2. The zero-order valence-electron chi connectivity index (χ0n) is 10.8. The zero-order chi connectivity index (χ0) is 12.1. The lowest BCUT2D eigenvalue weighted by Gasteiger charge is -2.27. The second-order valence-electron chi connectivity index (χ2n) is 5.21. The van der Waals surface area contributed by atoms with Crippen molar-refractivity contribution in [3.05, 3.63) is 0 Å². The van der Waals surface area contributed by atoms with Crippen molar-refractivity contribution < 1.29 is 9.53 Å². The molecule has 1 amide bonds. The largest absolute Gasteiger partial charge is 0.378 e. The van der Waals surface area contributed by atoms with Crippen LogP contribution in [0, 0.1) is 5.92 Å². The van der Waals surface area contributed by atoms with Gasteiger partial charge in [0.25, 0.3) is 0 Å². The molecule has 0 bridgehead atoms. The van der Waals surface area contributed by atoms with Crippen LogP contribution >= 0.6 is 0 Å². The van der Waals surface area contributed by atoms with Gasteiger partial charge in [-0.05, 0) is 25.2 Å². The van der Waals surface area contributed by atoms with Crippen molar-refractivity contribution in [1.29, 1.82) is 0 Å². The van der Waals surface area contributed by atoms with Crippen molar-refractivity contribution in [1.82, 2.24) is 10.2 Å². The zero-order valence-corrected chi connectivity index (χ0v) is 10.8. The van der Waals surface area contributed by atoms with Crippen LogP contribution in [0.5, 0.6) is 0 Å². The maximum Gasteiger partial charge on any atom is 0.224 e. The Kier molecular flexibility index (Phi) is 4.80. The maximum atomic E-state index is 12.2. The minimum Gasteiger partial charge on any atom is -0.378 e. The van der Waals surface area contributed by atoms with E-state index in [1.54, 1.807) is 0 Å². The quantitative estimate of drug-likeness (QED) is 0.753. The number of amides is 1. The van der Waals surface area contributed by atoms with E-state index in [1.165, 1.54) is 12.8 Å². The van der Waals surface area contributed by atoms with E-state index < -0.39 is 0 Å². The molecule has 98 valence electrons. The van der Waals surface area contributed by atoms with Crippen LogP contribution in [0.3, 0.4) is 0 Å². The van der Waals surface area contributed by atoms with E-state index in [2.05, 4.69) is 12.2 Å². The van der Waals surface area contributed by atoms with Crippen LogP contribution in [0.1, 0.15) is 32.6 Å². The van der Waals surface area contributed by atoms with Crippen LogP contribution in [0.25, 0.3) is 0 Å². The van der Waals surface area contributed by atoms with Gasteiger partial charge in [0.2, 0.25) is 5.91 Å². The first-order valence-electron chi connectivity index (χ1n) is 6.88. The number of hydrogen-bond donors (Lipinski definition) is 1. The molecule has 0 aromatic carbocycles. The molecule has 4 heteroatoms. The highest BCUT2D eigenvalue weighted by atomic mass is 16.5. The summed E-state index contributed by atoms with van der Waals surface area (Å²) in [5.74, 6) is 1.07. The van der Waals surface area contributed by atoms with Crippen LogP contribution in [0.2, 0.25) is 0 Å². The summed E-state index contributed by atoms with van der Waals surface area (Å²) in [5, 5.41) is 3.34. The fraction of sp³-hybridized carbons (Fsp3) is 0.923. The van der Waals surface area contributed by atoms with Gasteiger partial charge in [-0.3, -0.25) is 4.79 Å². The summed E-state index contributed by atoms with van der Waals surface area (Å²) in [6, 6.07) is 0.217. The number of carbonyl (C=O) groups excluding carboxylic acids is 1. The minimum atomic E-state index is 0.217. The van der Waals surface area contributed by atoms with E-state index in [-0.39, 0.29) is 6.04 Å². The number of carbonyl (C=O) groups is 1. The molecule has 0 aromatic heterocycles. The van der Waals surface area contributed by atoms with Gasteiger partial charge in [-0.25, -0.2) is 0 Å². The molecule has 1 saturated heterocycles. The van der Waals surface area contributed by atoms with E-state index in [0.29, 0.717) is 18.9 Å². The summed E-state index contributed by atoms with van der Waals surface area (Å²) >= 11 is 0. The summed E-state index contributed by atoms with van der Waals surface area (Å²) in [6.45, 7) is 6.33. The molecule has 0 spiro atoms. The molecule has 0 radical (unpaired) electrons. The molecule has 1 unspecified atom stereocenters. The van der Waals surface area contributed by atoms with Crippen LogP contribution in [-0.4, -0.2) is 49.7 Å². The summed E-state index contributed by atoms with van der Waals surface area (Å²) < 4.78 is 5.38. The minimum absolute atomic E-state index is 0.217. The van der Waals surface area contributed by atoms with E-state index in [0.717, 1.165) is 38.6 Å². The average molecular weight is 240 g/mol. The predicted molar refractivity (Wildman–Crippen MR) is 66.8 cm³/mol. The van der Waals surface area contributed by atoms with Crippen molar-refractivity contribution >= 4 is 5.91 Å². The van der Waals surface area contributed by atoms with Gasteiger partial charge in [0.05, 0.1) is 13.2 Å². The van der Waals surface area contributed by atoms with Gasteiger partial charge >= 0.3 is 0 Å². The molecule has 2 aliphatic rings. The van der Waals surface area contributed by atoms with Crippen LogP contribution in [-0.2, 0) is 9.53 Å². The Morgan fingerprint density at radius 3 is 2.88 bits per heavy atom. The molecule has 1 aliphatic carbocycles. The summed E-state index contributed by atoms with van der Waals surface area (Å²) in [4.78, 5) is 14.2. The first kappa shape index (κ1) is 12.8. The third kappa shape index (κ3) is 4.28. The average Bonchev–Trinajstić information content (AvgIpc) is 3.14. The molecular formula is C13H24N2O2. The van der Waals surface area contributed by atoms with Crippen LogP contribution < -0.4 is 5.32 Å². The molecule has 1 aliphatic heterocycles. The molecule has 4 nitrogen and oxygen atoms in total. The number of hydrogen-bond acceptors (Lipinski definition) is 3. The molecule has 1 N–H and O–H groups in total. The Labute approximate surface area is 104 Å². The van der Waals surface area contributed by atoms with E-state index >= 15 is 0 Å². The van der Waals surface area contributed by atoms with Gasteiger partial charge in [0, 0.05) is 32.1 Å². The molecule has 0 aromatic rings. The molecular weight excluding hydrogens is 216 g/mol. The molecule has 17 heavy (non-hydrogen) atoms. The van der Waals surface area contributed by atoms with Crippen molar-refractivity contribution in [2.24, 2.45) is 5.92 Å². The first-order chi connectivity index (χ1) is 8.29. The number of nitrogens with one attached hydrogen (secondary N) is 1. The van der Waals surface area contributed by atoms with Gasteiger partial charge < -0.3 is 15.0 Å². The Bertz CT molecular complexity index is 248. The SMILES string of the molecule is CCCN(CC1CC1)C(=O)CC1COCCN1. The highest BCUT2D eigenvalue weighted by Crippen LogP contribution is 2.30. The van der Waals surface area contributed by atoms with Crippen molar-refractivity contribution in [3.63, 3.8) is 0 Å². The van der Waals surface area contributed by atoms with Crippen molar-refractivity contribution in [2.45, 2.75) is 38.6 Å². The highest BCUT2D eigenvalue weighted by Gasteiger charge is 2.27. The molecule has 1 atom stereocenters. The Hall–Kier alpha value is -0.610. The fourth-order valence-corrected chi connectivity index (χ4v) is 2.29. The lowest BCUT2D eigenvalue weighted by molar-refractivity contribution is -0.132. The third-order valence-corrected chi connectivity index (χ3v) is 3.44. The van der Waals surface area contributed by atoms with E-state index in [1.807, 2.05) is 4.90 Å². The van der Waals surface area contributed by atoms with Gasteiger partial charge in [-0.2, -0.15) is 0 Å². The summed E-state index contributed by atoms with van der Waals surface area (Å²) in [6.07, 6.45) is 4.25. The van der Waals surface area contributed by atoms with Crippen molar-refractivity contribution in [3.8, 4) is 0 Å². The standard InChI is InChI=1S/C13H24N2O2/c1-2-6-15(9-11-3-4-11)13(16)8-12-10-17-7-5-14-12/h11-12,14H,2-10H2,1H3. The van der Waals surface area contributed by atoms with Crippen molar-refractivity contribution in [2.75, 3.05) is 32.8 Å². The van der Waals surface area contributed by atoms with Gasteiger partial charge in [-0.1, -0.05) is 6.92 Å². The van der Waals surface area contributed by atoms with Gasteiger partial charge in [0.15, 0.2) is 0 Å². The number of rotatable bonds is 6. The second-order valence-corrected chi connectivity index (χ2v) is 5.21. The monoisotopic (exact) mass is 240 g/mol. The lowest BCUT2D eigenvalue weighted by Crippen LogP contribution is -2.45. The van der Waals surface area contributed by atoms with Gasteiger partial charge in [0.1, 0.15) is 0 Å². The van der Waals surface area contributed by atoms with Gasteiger partial charge in [-0.15, -0.1) is 0 Å². The molecule has 1 saturated carbocycles. The number of nitrogens with zero attached hydrogens (tertiary/aromatic N) is 1. The Morgan fingerprint density at radius 2 is 2.29 bits per heavy atom. The highest BCUT2D eigenvalue weighted by molar-refractivity contribution is 5.76. The van der Waals surface area contributed by atoms with E-state index in [9.17, 15) is 4.79 Å². The lowest BCUT2D eigenvalue weighted by atomic mass is 10.1. The number of ether oxygens (including phenoxy) is 1. The molecule has 2 rings (SSSR count). The Morgan fingerprint density at radius 1 is 1.47 bits per heavy atom. The topological polar surface area (TPSA) is 41.6 Å². The molecule has 1 heterocycles. The first-order valence-corrected chi connectivity index (χ1v) is 6.88. The third-order valence-electron chi connectivity index (χ3n) is 3.44. The predicted octanol–water partition coefficient (Wildman–Crippen LogP) is 1.01. The second kappa shape index (κ2) is 6.36. The van der Waals surface area contributed by atoms with Crippen LogP contribution in [0.4, 0.5) is 0 Å². The smallest absolute Gasteiger partial charge is 0.224 e. The van der Waals surface area contributed by atoms with E-state index in [4.69, 9.17) is 4.74 Å². The normalized spacial score (nSPS) is 24.6. The Balaban J connectivity index is 1.77. The summed E-state index contributed by atoms with van der Waals surface area (Å²) in [7, 11) is 0. The fourth-order valence-electron chi connectivity index (χ4n) is 2.29.